The van der Waals surface area contributed by atoms with Gasteiger partial charge < -0.3 is 0 Å². The molecule has 0 N–H and O–H groups in total. The molecule has 0 spiro atoms. The van der Waals surface area contributed by atoms with Crippen molar-refractivity contribution in [1.29, 1.82) is 0 Å². The Labute approximate surface area is 163 Å². The van der Waals surface area contributed by atoms with Crippen molar-refractivity contribution in [2.75, 3.05) is 0 Å². The van der Waals surface area contributed by atoms with E-state index in [1.807, 2.05) is 49.4 Å². The van der Waals surface area contributed by atoms with Crippen LogP contribution in [0.5, 0.6) is 0 Å². The second-order valence-electron chi connectivity index (χ2n) is 6.27. The summed E-state index contributed by atoms with van der Waals surface area (Å²) in [7, 11) is 0. The Kier molecular flexibility index (Phi) is 6.13. The van der Waals surface area contributed by atoms with Crippen molar-refractivity contribution in [3.63, 3.8) is 0 Å². The van der Waals surface area contributed by atoms with E-state index in [2.05, 4.69) is 57.8 Å². The lowest BCUT2D eigenvalue weighted by atomic mass is 9.99. The highest BCUT2D eigenvalue weighted by molar-refractivity contribution is 9.10. The Morgan fingerprint density at radius 2 is 1.54 bits per heavy atom. The Bertz CT molecular complexity index is 860. The van der Waals surface area contributed by atoms with Crippen molar-refractivity contribution in [3.8, 4) is 0 Å². The van der Waals surface area contributed by atoms with Crippen LogP contribution in [-0.4, -0.2) is 10.7 Å². The Morgan fingerprint density at radius 3 is 2.04 bits per heavy atom. The van der Waals surface area contributed by atoms with E-state index in [0.717, 1.165) is 39.0 Å². The lowest BCUT2D eigenvalue weighted by molar-refractivity contribution is 0.712. The summed E-state index contributed by atoms with van der Waals surface area (Å²) >= 11 is 3.58. The number of pyridine rings is 1. The molecule has 3 heteroatoms. The maximum absolute atomic E-state index is 5.17. The summed E-state index contributed by atoms with van der Waals surface area (Å²) in [5.41, 5.74) is 5.35. The third-order valence-electron chi connectivity index (χ3n) is 4.07. The van der Waals surface area contributed by atoms with Crippen LogP contribution in [0.15, 0.2) is 101 Å². The minimum Gasteiger partial charge on any atom is -0.276 e. The molecule has 0 aliphatic rings. The van der Waals surface area contributed by atoms with Crippen LogP contribution >= 0.6 is 15.9 Å². The second-order valence-corrected chi connectivity index (χ2v) is 7.02. The second kappa shape index (κ2) is 8.72. The van der Waals surface area contributed by atoms with Crippen LogP contribution in [0.1, 0.15) is 36.1 Å². The molecule has 2 nitrogen and oxygen atoms in total. The van der Waals surface area contributed by atoms with Crippen molar-refractivity contribution in [1.82, 2.24) is 4.98 Å². The van der Waals surface area contributed by atoms with Gasteiger partial charge in [0.1, 0.15) is 4.60 Å². The van der Waals surface area contributed by atoms with Crippen molar-refractivity contribution in [2.45, 2.75) is 19.4 Å². The van der Waals surface area contributed by atoms with Gasteiger partial charge in [-0.1, -0.05) is 72.3 Å². The minimum absolute atomic E-state index is 0.0500. The molecule has 0 saturated carbocycles. The highest BCUT2D eigenvalue weighted by Gasteiger charge is 2.17. The first kappa shape index (κ1) is 18.3. The van der Waals surface area contributed by atoms with Crippen LogP contribution in [-0.2, 0) is 0 Å². The van der Waals surface area contributed by atoms with Crippen LogP contribution in [0.25, 0.3) is 0 Å². The fourth-order valence-corrected chi connectivity index (χ4v) is 3.38. The van der Waals surface area contributed by atoms with Gasteiger partial charge >= 0.3 is 0 Å². The molecular weight excluding hydrogens is 384 g/mol. The predicted octanol–water partition coefficient (Wildman–Crippen LogP) is 6.39. The zero-order valence-electron chi connectivity index (χ0n) is 14.8. The molecule has 0 aliphatic carbocycles. The number of hydrogen-bond acceptors (Lipinski definition) is 2. The van der Waals surface area contributed by atoms with Crippen LogP contribution < -0.4 is 0 Å². The zero-order valence-corrected chi connectivity index (χ0v) is 16.4. The van der Waals surface area contributed by atoms with Gasteiger partial charge in [-0.3, -0.25) is 4.99 Å². The molecular formula is C23H21BrN2. The van der Waals surface area contributed by atoms with Gasteiger partial charge in [-0.2, -0.15) is 0 Å². The van der Waals surface area contributed by atoms with Gasteiger partial charge in [0.2, 0.25) is 0 Å². The Morgan fingerprint density at radius 1 is 0.962 bits per heavy atom. The molecule has 0 aliphatic heterocycles. The number of nitrogens with zero attached hydrogens (tertiary/aromatic N) is 2. The predicted molar refractivity (Wildman–Crippen MR) is 113 cm³/mol. The van der Waals surface area contributed by atoms with Gasteiger partial charge in [-0.25, -0.2) is 4.98 Å². The number of aromatic nitrogens is 1. The third-order valence-corrected chi connectivity index (χ3v) is 4.73. The van der Waals surface area contributed by atoms with Crippen LogP contribution in [0.3, 0.4) is 0 Å². The standard InChI is InChI=1S/C23H21BrN2/c1-17(2)16-21(20-14-9-15-25-23(20)24)26-22(18-10-5-3-6-11-18)19-12-7-4-8-13-19/h3-15,21H,1,16H2,2H3/t21-/m0/s1. The monoisotopic (exact) mass is 404 g/mol. The third kappa shape index (κ3) is 4.55. The topological polar surface area (TPSA) is 25.2 Å². The normalized spacial score (nSPS) is 11.6. The SMILES string of the molecule is C=C(C)C[C@H](N=C(c1ccccc1)c1ccccc1)c1cccnc1Br. The molecule has 0 fully saturated rings. The first-order chi connectivity index (χ1) is 12.6. The van der Waals surface area contributed by atoms with E-state index >= 15 is 0 Å². The Hall–Kier alpha value is -2.52. The van der Waals surface area contributed by atoms with E-state index in [4.69, 9.17) is 4.99 Å². The lowest BCUT2D eigenvalue weighted by Crippen LogP contribution is -2.08. The fraction of sp³-hybridized carbons (Fsp3) is 0.130. The minimum atomic E-state index is -0.0500. The molecule has 0 radical (unpaired) electrons. The van der Waals surface area contributed by atoms with Gasteiger partial charge in [0.25, 0.3) is 0 Å². The summed E-state index contributed by atoms with van der Waals surface area (Å²) < 4.78 is 0.829. The molecule has 130 valence electrons. The number of rotatable bonds is 6. The largest absolute Gasteiger partial charge is 0.276 e. The molecule has 3 rings (SSSR count). The van der Waals surface area contributed by atoms with Crippen LogP contribution in [0.2, 0.25) is 0 Å². The van der Waals surface area contributed by atoms with E-state index in [1.54, 1.807) is 6.20 Å². The quantitative estimate of drug-likeness (QED) is 0.265. The molecule has 26 heavy (non-hydrogen) atoms. The smallest absolute Gasteiger partial charge is 0.111 e. The molecule has 0 amide bonds. The van der Waals surface area contributed by atoms with Gasteiger partial charge in [0, 0.05) is 22.9 Å². The maximum atomic E-state index is 5.17. The maximum Gasteiger partial charge on any atom is 0.111 e. The van der Waals surface area contributed by atoms with Crippen molar-refractivity contribution >= 4 is 21.6 Å². The zero-order chi connectivity index (χ0) is 18.4. The lowest BCUT2D eigenvalue weighted by Gasteiger charge is -2.17. The van der Waals surface area contributed by atoms with Crippen LogP contribution in [0, 0.1) is 0 Å². The first-order valence-electron chi connectivity index (χ1n) is 8.58. The molecule has 0 unspecified atom stereocenters. The molecule has 3 aromatic rings. The fourth-order valence-electron chi connectivity index (χ4n) is 2.87. The summed E-state index contributed by atoms with van der Waals surface area (Å²) in [5.74, 6) is 0. The average molecular weight is 405 g/mol. The molecule has 2 aromatic carbocycles. The summed E-state index contributed by atoms with van der Waals surface area (Å²) in [6.45, 7) is 6.14. The highest BCUT2D eigenvalue weighted by atomic mass is 79.9. The van der Waals surface area contributed by atoms with E-state index in [-0.39, 0.29) is 6.04 Å². The average Bonchev–Trinajstić information content (AvgIpc) is 2.67. The molecule has 1 aromatic heterocycles. The van der Waals surface area contributed by atoms with E-state index in [0.29, 0.717) is 0 Å². The molecule has 1 atom stereocenters. The summed E-state index contributed by atoms with van der Waals surface area (Å²) in [6.07, 6.45) is 2.55. The van der Waals surface area contributed by atoms with Gasteiger partial charge in [0.05, 0.1) is 11.8 Å². The van der Waals surface area contributed by atoms with Crippen LogP contribution in [0.4, 0.5) is 0 Å². The van der Waals surface area contributed by atoms with Gasteiger partial charge in [0.15, 0.2) is 0 Å². The van der Waals surface area contributed by atoms with E-state index in [9.17, 15) is 0 Å². The van der Waals surface area contributed by atoms with Gasteiger partial charge in [-0.15, -0.1) is 6.58 Å². The summed E-state index contributed by atoms with van der Waals surface area (Å²) in [6, 6.07) is 24.6. The van der Waals surface area contributed by atoms with Gasteiger partial charge in [-0.05, 0) is 35.3 Å². The van der Waals surface area contributed by atoms with E-state index < -0.39 is 0 Å². The van der Waals surface area contributed by atoms with Crippen molar-refractivity contribution < 1.29 is 0 Å². The van der Waals surface area contributed by atoms with E-state index in [1.165, 1.54) is 0 Å². The highest BCUT2D eigenvalue weighted by Crippen LogP contribution is 2.30. The number of benzene rings is 2. The number of hydrogen-bond donors (Lipinski definition) is 0. The first-order valence-corrected chi connectivity index (χ1v) is 9.38. The molecule has 0 saturated heterocycles. The number of halogens is 1. The molecule has 1 heterocycles. The summed E-state index contributed by atoms with van der Waals surface area (Å²) in [5, 5.41) is 0. The number of aliphatic imine (C=N–C) groups is 1. The Balaban J connectivity index is 2.14. The molecule has 0 bridgehead atoms. The van der Waals surface area contributed by atoms with Crippen molar-refractivity contribution in [2.24, 2.45) is 4.99 Å². The van der Waals surface area contributed by atoms with Crippen molar-refractivity contribution in [3.05, 3.63) is 112 Å². The summed E-state index contributed by atoms with van der Waals surface area (Å²) in [4.78, 5) is 9.55.